The Morgan fingerprint density at radius 2 is 2.36 bits per heavy atom. The van der Waals surface area contributed by atoms with Gasteiger partial charge in [0.05, 0.1) is 5.69 Å². The van der Waals surface area contributed by atoms with Gasteiger partial charge in [0, 0.05) is 43.2 Å². The van der Waals surface area contributed by atoms with Crippen molar-refractivity contribution in [2.24, 2.45) is 0 Å². The van der Waals surface area contributed by atoms with Crippen LogP contribution in [0.4, 0.5) is 0 Å². The molecule has 0 radical (unpaired) electrons. The Morgan fingerprint density at radius 3 is 3.05 bits per heavy atom. The summed E-state index contributed by atoms with van der Waals surface area (Å²) >= 11 is 1.79. The number of imidazole rings is 1. The van der Waals surface area contributed by atoms with Crippen LogP contribution in [-0.4, -0.2) is 31.5 Å². The predicted molar refractivity (Wildman–Crippen MR) is 87.3 cm³/mol. The molecule has 1 saturated heterocycles. The first-order valence-electron chi connectivity index (χ1n) is 7.54. The quantitative estimate of drug-likeness (QED) is 0.942. The molecule has 5 nitrogen and oxygen atoms in total. The van der Waals surface area contributed by atoms with Crippen molar-refractivity contribution >= 4 is 17.7 Å². The van der Waals surface area contributed by atoms with Gasteiger partial charge in [-0.15, -0.1) is 11.8 Å². The fraction of sp³-hybridized carbons (Fsp3) is 0.438. The Kier molecular flexibility index (Phi) is 4.47. The number of nitrogens with zero attached hydrogens (tertiary/aromatic N) is 3. The van der Waals surface area contributed by atoms with E-state index in [1.807, 2.05) is 30.2 Å². The average molecular weight is 316 g/mol. The van der Waals surface area contributed by atoms with Crippen LogP contribution in [0.2, 0.25) is 0 Å². The van der Waals surface area contributed by atoms with E-state index >= 15 is 0 Å². The van der Waals surface area contributed by atoms with Crippen molar-refractivity contribution < 1.29 is 4.79 Å². The summed E-state index contributed by atoms with van der Waals surface area (Å²) in [5.41, 5.74) is 3.09. The molecule has 1 fully saturated rings. The van der Waals surface area contributed by atoms with Crippen LogP contribution >= 0.6 is 11.8 Å². The summed E-state index contributed by atoms with van der Waals surface area (Å²) in [5, 5.41) is -0.0157. The van der Waals surface area contributed by atoms with Crippen LogP contribution in [0.15, 0.2) is 24.5 Å². The molecule has 2 aromatic heterocycles. The highest BCUT2D eigenvalue weighted by Gasteiger charge is 2.32. The average Bonchev–Trinajstić information content (AvgIpc) is 2.91. The first-order chi connectivity index (χ1) is 10.7. The summed E-state index contributed by atoms with van der Waals surface area (Å²) in [6.07, 6.45) is 5.03. The number of H-pyrrole nitrogens is 1. The van der Waals surface area contributed by atoms with Crippen molar-refractivity contribution in [1.82, 2.24) is 19.9 Å². The summed E-state index contributed by atoms with van der Waals surface area (Å²) in [5.74, 6) is 2.02. The number of aromatic nitrogens is 3. The van der Waals surface area contributed by atoms with Gasteiger partial charge in [-0.2, -0.15) is 0 Å². The third kappa shape index (κ3) is 3.02. The van der Waals surface area contributed by atoms with Crippen molar-refractivity contribution in [3.8, 4) is 0 Å². The molecule has 2 aromatic rings. The van der Waals surface area contributed by atoms with Crippen LogP contribution < -0.4 is 0 Å². The minimum absolute atomic E-state index is 0.0157. The molecule has 22 heavy (non-hydrogen) atoms. The molecule has 3 heterocycles. The number of hydrogen-bond acceptors (Lipinski definition) is 4. The summed E-state index contributed by atoms with van der Waals surface area (Å²) in [6, 6.07) is 3.91. The second kappa shape index (κ2) is 6.52. The van der Waals surface area contributed by atoms with Crippen molar-refractivity contribution in [2.45, 2.75) is 38.6 Å². The summed E-state index contributed by atoms with van der Waals surface area (Å²) < 4.78 is 0. The third-order valence-electron chi connectivity index (χ3n) is 3.81. The van der Waals surface area contributed by atoms with Crippen molar-refractivity contribution in [1.29, 1.82) is 0 Å². The normalized spacial score (nSPS) is 18.7. The van der Waals surface area contributed by atoms with E-state index in [2.05, 4.69) is 16.9 Å². The molecule has 116 valence electrons. The molecule has 1 unspecified atom stereocenters. The Labute approximate surface area is 134 Å². The maximum absolute atomic E-state index is 12.4. The number of aromatic amines is 1. The van der Waals surface area contributed by atoms with E-state index in [0.29, 0.717) is 13.0 Å². The number of hydrogen-bond donors (Lipinski definition) is 1. The molecular formula is C16H20N4OS. The smallest absolute Gasteiger partial charge is 0.224 e. The van der Waals surface area contributed by atoms with Gasteiger partial charge in [0.2, 0.25) is 5.91 Å². The van der Waals surface area contributed by atoms with E-state index in [1.54, 1.807) is 18.0 Å². The molecule has 0 bridgehead atoms. The largest absolute Gasteiger partial charge is 0.346 e. The standard InChI is InChI=1S/C16H20N4OS/c1-3-13-18-11(2)15(19-13)16-20(14(21)6-8-22-16)10-12-5-4-7-17-9-12/h4-5,7,9,16H,3,6,8,10H2,1-2H3,(H,18,19). The highest BCUT2D eigenvalue weighted by atomic mass is 32.2. The minimum Gasteiger partial charge on any atom is -0.346 e. The number of carbonyl (C=O) groups is 1. The van der Waals surface area contributed by atoms with Gasteiger partial charge < -0.3 is 9.88 Å². The Morgan fingerprint density at radius 1 is 1.50 bits per heavy atom. The lowest BCUT2D eigenvalue weighted by Crippen LogP contribution is -2.37. The Hall–Kier alpha value is -1.82. The van der Waals surface area contributed by atoms with Crippen LogP contribution in [0, 0.1) is 6.92 Å². The summed E-state index contributed by atoms with van der Waals surface area (Å²) in [4.78, 5) is 26.5. The number of carbonyl (C=O) groups excluding carboxylic acids is 1. The minimum atomic E-state index is -0.0157. The van der Waals surface area contributed by atoms with Gasteiger partial charge in [-0.25, -0.2) is 4.98 Å². The molecule has 6 heteroatoms. The molecule has 0 aliphatic carbocycles. The lowest BCUT2D eigenvalue weighted by atomic mass is 10.2. The van der Waals surface area contributed by atoms with Crippen molar-refractivity contribution in [3.05, 3.63) is 47.3 Å². The van der Waals surface area contributed by atoms with E-state index in [-0.39, 0.29) is 11.3 Å². The van der Waals surface area contributed by atoms with Gasteiger partial charge in [-0.05, 0) is 18.6 Å². The van der Waals surface area contributed by atoms with Gasteiger partial charge in [0.15, 0.2) is 0 Å². The molecule has 3 rings (SSSR count). The summed E-state index contributed by atoms with van der Waals surface area (Å²) in [7, 11) is 0. The second-order valence-corrected chi connectivity index (χ2v) is 6.59. The van der Waals surface area contributed by atoms with E-state index in [4.69, 9.17) is 4.98 Å². The number of rotatable bonds is 4. The van der Waals surface area contributed by atoms with Crippen LogP contribution in [0.1, 0.15) is 41.5 Å². The highest BCUT2D eigenvalue weighted by molar-refractivity contribution is 7.99. The first-order valence-corrected chi connectivity index (χ1v) is 8.59. The molecular weight excluding hydrogens is 296 g/mol. The first kappa shape index (κ1) is 15.1. The zero-order valence-electron chi connectivity index (χ0n) is 12.9. The van der Waals surface area contributed by atoms with Crippen LogP contribution in [0.5, 0.6) is 0 Å². The van der Waals surface area contributed by atoms with Crippen LogP contribution in [0.3, 0.4) is 0 Å². The lowest BCUT2D eigenvalue weighted by molar-refractivity contribution is -0.132. The zero-order chi connectivity index (χ0) is 15.5. The number of nitrogens with one attached hydrogen (secondary N) is 1. The number of amides is 1. The fourth-order valence-corrected chi connectivity index (χ4v) is 3.93. The van der Waals surface area contributed by atoms with E-state index < -0.39 is 0 Å². The lowest BCUT2D eigenvalue weighted by Gasteiger charge is -2.34. The number of thioether (sulfide) groups is 1. The van der Waals surface area contributed by atoms with E-state index in [9.17, 15) is 4.79 Å². The SMILES string of the molecule is CCc1nc(C2SCCC(=O)N2Cc2cccnc2)c(C)[nH]1. The molecule has 0 spiro atoms. The van der Waals surface area contributed by atoms with Crippen molar-refractivity contribution in [2.75, 3.05) is 5.75 Å². The molecule has 0 saturated carbocycles. The van der Waals surface area contributed by atoms with E-state index in [1.165, 1.54) is 0 Å². The molecule has 1 N–H and O–H groups in total. The maximum atomic E-state index is 12.4. The fourth-order valence-electron chi connectivity index (χ4n) is 2.65. The van der Waals surface area contributed by atoms with Gasteiger partial charge in [-0.1, -0.05) is 13.0 Å². The molecule has 1 amide bonds. The molecule has 1 aliphatic heterocycles. The summed E-state index contributed by atoms with van der Waals surface area (Å²) in [6.45, 7) is 4.69. The number of aryl methyl sites for hydroxylation is 2. The van der Waals surface area contributed by atoms with Gasteiger partial charge in [0.25, 0.3) is 0 Å². The second-order valence-electron chi connectivity index (χ2n) is 5.40. The van der Waals surface area contributed by atoms with Gasteiger partial charge in [-0.3, -0.25) is 9.78 Å². The number of pyridine rings is 1. The molecule has 1 atom stereocenters. The predicted octanol–water partition coefficient (Wildman–Crippen LogP) is 2.84. The van der Waals surface area contributed by atoms with Crippen LogP contribution in [0.25, 0.3) is 0 Å². The monoisotopic (exact) mass is 316 g/mol. The zero-order valence-corrected chi connectivity index (χ0v) is 13.7. The highest BCUT2D eigenvalue weighted by Crippen LogP contribution is 2.38. The Balaban J connectivity index is 1.89. The maximum Gasteiger partial charge on any atom is 0.224 e. The molecule has 0 aromatic carbocycles. The topological polar surface area (TPSA) is 61.9 Å². The van der Waals surface area contributed by atoms with Gasteiger partial charge >= 0.3 is 0 Å². The Bertz CT molecular complexity index is 655. The van der Waals surface area contributed by atoms with Crippen LogP contribution in [-0.2, 0) is 17.8 Å². The van der Waals surface area contributed by atoms with Crippen molar-refractivity contribution in [3.63, 3.8) is 0 Å². The third-order valence-corrected chi connectivity index (χ3v) is 5.04. The molecule has 1 aliphatic rings. The van der Waals surface area contributed by atoms with Gasteiger partial charge in [0.1, 0.15) is 11.2 Å². The van der Waals surface area contributed by atoms with E-state index in [0.717, 1.165) is 34.9 Å².